The molecule has 0 bridgehead atoms. The number of aromatic amines is 1. The number of ketones is 1. The molecule has 0 saturated carbocycles. The molecule has 0 unspecified atom stereocenters. The van der Waals surface area contributed by atoms with Crippen LogP contribution in [0.15, 0.2) is 73.1 Å². The van der Waals surface area contributed by atoms with Crippen LogP contribution in [0.3, 0.4) is 0 Å². The molecule has 6 nitrogen and oxygen atoms in total. The number of hydrogen-bond donors (Lipinski definition) is 1. The van der Waals surface area contributed by atoms with Gasteiger partial charge in [-0.15, -0.1) is 0 Å². The van der Waals surface area contributed by atoms with Crippen LogP contribution < -0.4 is 9.80 Å². The predicted molar refractivity (Wildman–Crippen MR) is 128 cm³/mol. The van der Waals surface area contributed by atoms with E-state index in [1.807, 2.05) is 87.8 Å². The van der Waals surface area contributed by atoms with E-state index in [9.17, 15) is 9.59 Å². The van der Waals surface area contributed by atoms with Crippen LogP contribution >= 0.6 is 0 Å². The molecular weight excluding hydrogens is 400 g/mol. The second-order valence-electron chi connectivity index (χ2n) is 8.09. The number of rotatable bonds is 8. The lowest BCUT2D eigenvalue weighted by Gasteiger charge is -2.29. The Labute approximate surface area is 187 Å². The number of carbonyl (C=O) groups is 2. The second kappa shape index (κ2) is 9.06. The van der Waals surface area contributed by atoms with Gasteiger partial charge in [0.25, 0.3) is 0 Å². The molecule has 2 aromatic carbocycles. The summed E-state index contributed by atoms with van der Waals surface area (Å²) in [6.07, 6.45) is 4.47. The predicted octanol–water partition coefficient (Wildman–Crippen LogP) is 4.80. The van der Waals surface area contributed by atoms with Crippen molar-refractivity contribution in [1.82, 2.24) is 9.97 Å². The van der Waals surface area contributed by atoms with Crippen molar-refractivity contribution < 1.29 is 9.59 Å². The lowest BCUT2D eigenvalue weighted by Crippen LogP contribution is -2.31. The van der Waals surface area contributed by atoms with Gasteiger partial charge in [-0.3, -0.25) is 9.59 Å². The molecular formula is C26H26N4O2. The molecule has 0 radical (unpaired) electrons. The van der Waals surface area contributed by atoms with Crippen molar-refractivity contribution in [3.8, 4) is 0 Å². The Morgan fingerprint density at radius 1 is 1.06 bits per heavy atom. The quantitative estimate of drug-likeness (QED) is 0.325. The van der Waals surface area contributed by atoms with Gasteiger partial charge < -0.3 is 14.8 Å². The number of nitrogens with one attached hydrogen (secondary N) is 1. The summed E-state index contributed by atoms with van der Waals surface area (Å²) in [5, 5.41) is 0.892. The van der Waals surface area contributed by atoms with Crippen molar-refractivity contribution >= 4 is 34.6 Å². The van der Waals surface area contributed by atoms with Crippen molar-refractivity contribution in [3.63, 3.8) is 0 Å². The molecule has 4 aromatic rings. The third kappa shape index (κ3) is 4.12. The number of anilines is 2. The molecule has 6 heteroatoms. The monoisotopic (exact) mass is 426 g/mol. The van der Waals surface area contributed by atoms with E-state index >= 15 is 0 Å². The van der Waals surface area contributed by atoms with Gasteiger partial charge in [-0.2, -0.15) is 0 Å². The van der Waals surface area contributed by atoms with E-state index in [4.69, 9.17) is 0 Å². The third-order valence-electron chi connectivity index (χ3n) is 5.52. The van der Waals surface area contributed by atoms with Gasteiger partial charge in [0.05, 0.1) is 17.6 Å². The topological polar surface area (TPSA) is 69.3 Å². The SMILES string of the molecule is CC(C)N(C=O)c1c(N(C)Cc2cccc(C(=O)c3ccccc3)c2)cnc2[nH]ccc12. The number of benzene rings is 2. The summed E-state index contributed by atoms with van der Waals surface area (Å²) in [6, 6.07) is 18.9. The number of nitrogens with zero attached hydrogens (tertiary/aromatic N) is 3. The standard InChI is InChI=1S/C26H26N4O2/c1-18(2)30(17-31)24-22-12-13-27-26(22)28-15-23(24)29(3)16-19-8-7-11-21(14-19)25(32)20-9-5-4-6-10-20/h4-15,17-18H,16H2,1-3H3,(H,27,28). The first kappa shape index (κ1) is 21.3. The Kier molecular flexibility index (Phi) is 6.03. The van der Waals surface area contributed by atoms with E-state index in [0.29, 0.717) is 17.7 Å². The highest BCUT2D eigenvalue weighted by molar-refractivity contribution is 6.09. The third-order valence-corrected chi connectivity index (χ3v) is 5.52. The van der Waals surface area contributed by atoms with Gasteiger partial charge in [-0.05, 0) is 31.5 Å². The number of pyridine rings is 1. The van der Waals surface area contributed by atoms with Crippen molar-refractivity contribution in [2.24, 2.45) is 0 Å². The Hall–Kier alpha value is -3.93. The average Bonchev–Trinajstić information content (AvgIpc) is 3.29. The van der Waals surface area contributed by atoms with E-state index in [1.165, 1.54) is 0 Å². The molecule has 0 fully saturated rings. The maximum Gasteiger partial charge on any atom is 0.214 e. The zero-order valence-electron chi connectivity index (χ0n) is 18.4. The number of H-pyrrole nitrogens is 1. The molecule has 0 saturated heterocycles. The van der Waals surface area contributed by atoms with Gasteiger partial charge in [-0.25, -0.2) is 4.98 Å². The number of hydrogen-bond acceptors (Lipinski definition) is 4. The molecule has 32 heavy (non-hydrogen) atoms. The average molecular weight is 427 g/mol. The van der Waals surface area contributed by atoms with Crippen molar-refractivity contribution in [3.05, 3.63) is 89.7 Å². The molecule has 1 N–H and O–H groups in total. The normalized spacial score (nSPS) is 11.0. The lowest BCUT2D eigenvalue weighted by molar-refractivity contribution is -0.107. The Bertz CT molecular complexity index is 1250. The lowest BCUT2D eigenvalue weighted by atomic mass is 10.0. The minimum Gasteiger partial charge on any atom is -0.367 e. The molecule has 1 amide bonds. The molecule has 0 aliphatic rings. The first-order valence-electron chi connectivity index (χ1n) is 10.6. The van der Waals surface area contributed by atoms with Crippen LogP contribution in [0, 0.1) is 0 Å². The minimum atomic E-state index is -0.00743. The number of aromatic nitrogens is 2. The fourth-order valence-electron chi connectivity index (χ4n) is 3.89. The number of fused-ring (bicyclic) bond motifs is 1. The first-order chi connectivity index (χ1) is 15.5. The molecule has 0 atom stereocenters. The molecule has 162 valence electrons. The summed E-state index contributed by atoms with van der Waals surface area (Å²) in [4.78, 5) is 36.2. The van der Waals surface area contributed by atoms with Crippen molar-refractivity contribution in [2.75, 3.05) is 16.8 Å². The van der Waals surface area contributed by atoms with Gasteiger partial charge >= 0.3 is 0 Å². The molecule has 0 aliphatic carbocycles. The van der Waals surface area contributed by atoms with Crippen LogP contribution in [0.1, 0.15) is 35.3 Å². The van der Waals surface area contributed by atoms with Crippen LogP contribution in [0.5, 0.6) is 0 Å². The summed E-state index contributed by atoms with van der Waals surface area (Å²) in [7, 11) is 1.97. The van der Waals surface area contributed by atoms with Gasteiger partial charge in [0, 0.05) is 42.3 Å². The fraction of sp³-hybridized carbons (Fsp3) is 0.192. The van der Waals surface area contributed by atoms with E-state index in [2.05, 4.69) is 14.9 Å². The van der Waals surface area contributed by atoms with Crippen LogP contribution in [-0.2, 0) is 11.3 Å². The first-order valence-corrected chi connectivity index (χ1v) is 10.6. The van der Waals surface area contributed by atoms with E-state index < -0.39 is 0 Å². The summed E-state index contributed by atoms with van der Waals surface area (Å²) in [5.74, 6) is -0.00172. The maximum atomic E-state index is 12.9. The summed E-state index contributed by atoms with van der Waals surface area (Å²) in [5.41, 5.74) is 4.72. The summed E-state index contributed by atoms with van der Waals surface area (Å²) >= 11 is 0. The van der Waals surface area contributed by atoms with Crippen LogP contribution in [0.2, 0.25) is 0 Å². The van der Waals surface area contributed by atoms with Crippen molar-refractivity contribution in [1.29, 1.82) is 0 Å². The smallest absolute Gasteiger partial charge is 0.214 e. The zero-order chi connectivity index (χ0) is 22.7. The molecule has 0 aliphatic heterocycles. The van der Waals surface area contributed by atoms with Gasteiger partial charge in [0.1, 0.15) is 5.65 Å². The molecule has 2 heterocycles. The van der Waals surface area contributed by atoms with Crippen LogP contribution in [0.4, 0.5) is 11.4 Å². The molecule has 2 aromatic heterocycles. The fourth-order valence-corrected chi connectivity index (χ4v) is 3.89. The second-order valence-corrected chi connectivity index (χ2v) is 8.09. The zero-order valence-corrected chi connectivity index (χ0v) is 18.4. The van der Waals surface area contributed by atoms with E-state index in [1.54, 1.807) is 11.1 Å². The Morgan fingerprint density at radius 2 is 1.81 bits per heavy atom. The Morgan fingerprint density at radius 3 is 2.53 bits per heavy atom. The minimum absolute atomic E-state index is 0.00172. The summed E-state index contributed by atoms with van der Waals surface area (Å²) < 4.78 is 0. The van der Waals surface area contributed by atoms with Gasteiger partial charge in [-0.1, -0.05) is 48.5 Å². The van der Waals surface area contributed by atoms with Gasteiger partial charge in [0.15, 0.2) is 5.78 Å². The molecule has 0 spiro atoms. The van der Waals surface area contributed by atoms with E-state index in [0.717, 1.165) is 34.4 Å². The largest absolute Gasteiger partial charge is 0.367 e. The number of carbonyl (C=O) groups excluding carboxylic acids is 2. The van der Waals surface area contributed by atoms with E-state index in [-0.39, 0.29) is 11.8 Å². The highest BCUT2D eigenvalue weighted by atomic mass is 16.1. The maximum absolute atomic E-state index is 12.9. The highest BCUT2D eigenvalue weighted by Crippen LogP contribution is 2.36. The van der Waals surface area contributed by atoms with Crippen LogP contribution in [0.25, 0.3) is 11.0 Å². The number of amides is 1. The summed E-state index contributed by atoms with van der Waals surface area (Å²) in [6.45, 7) is 4.52. The molecule has 4 rings (SSSR count). The van der Waals surface area contributed by atoms with Crippen LogP contribution in [-0.4, -0.2) is 35.3 Å². The Balaban J connectivity index is 1.67. The van der Waals surface area contributed by atoms with Gasteiger partial charge in [0.2, 0.25) is 6.41 Å². The highest BCUT2D eigenvalue weighted by Gasteiger charge is 2.21. The van der Waals surface area contributed by atoms with Crippen molar-refractivity contribution in [2.45, 2.75) is 26.4 Å².